The topological polar surface area (TPSA) is 57.3 Å². The molecular formula is C30H33F2N5O. The number of likely N-dealkylation sites (tertiary alicyclic amines) is 1. The Kier molecular flexibility index (Phi) is 6.51. The molecule has 4 aromatic rings. The van der Waals surface area contributed by atoms with Crippen LogP contribution in [0.25, 0.3) is 22.2 Å². The Morgan fingerprint density at radius 2 is 1.89 bits per heavy atom. The van der Waals surface area contributed by atoms with Crippen molar-refractivity contribution in [3.63, 3.8) is 0 Å². The molecule has 1 saturated heterocycles. The van der Waals surface area contributed by atoms with E-state index < -0.39 is 11.6 Å². The van der Waals surface area contributed by atoms with Crippen LogP contribution in [0.5, 0.6) is 5.75 Å². The van der Waals surface area contributed by atoms with Gasteiger partial charge >= 0.3 is 0 Å². The van der Waals surface area contributed by atoms with Gasteiger partial charge in [0.1, 0.15) is 18.1 Å². The number of hydrogen-bond donors (Lipinski definition) is 1. The molecule has 38 heavy (non-hydrogen) atoms. The molecule has 0 aliphatic carbocycles. The second kappa shape index (κ2) is 9.98. The van der Waals surface area contributed by atoms with Crippen molar-refractivity contribution in [2.24, 2.45) is 0 Å². The van der Waals surface area contributed by atoms with Gasteiger partial charge in [-0.2, -0.15) is 0 Å². The summed E-state index contributed by atoms with van der Waals surface area (Å²) < 4.78 is 35.7. The summed E-state index contributed by atoms with van der Waals surface area (Å²) in [7, 11) is 2.17. The van der Waals surface area contributed by atoms with E-state index in [1.165, 1.54) is 17.8 Å². The fraction of sp³-hybridized carbons (Fsp3) is 0.400. The maximum Gasteiger partial charge on any atom is 0.178 e. The Bertz CT molecular complexity index is 1480. The molecule has 198 valence electrons. The number of nitrogens with one attached hydrogen (secondary N) is 1. The predicted molar refractivity (Wildman–Crippen MR) is 146 cm³/mol. The molecule has 2 aromatic carbocycles. The largest absolute Gasteiger partial charge is 0.486 e. The van der Waals surface area contributed by atoms with Gasteiger partial charge in [0, 0.05) is 35.1 Å². The molecule has 1 N–H and O–H groups in total. The highest BCUT2D eigenvalue weighted by atomic mass is 19.1. The average Bonchev–Trinajstić information content (AvgIpc) is 3.41. The van der Waals surface area contributed by atoms with Gasteiger partial charge < -0.3 is 19.5 Å². The second-order valence-electron chi connectivity index (χ2n) is 10.8. The van der Waals surface area contributed by atoms with Crippen molar-refractivity contribution in [1.82, 2.24) is 19.9 Å². The number of rotatable bonds is 5. The average molecular weight is 518 g/mol. The van der Waals surface area contributed by atoms with Gasteiger partial charge in [-0.3, -0.25) is 0 Å². The van der Waals surface area contributed by atoms with E-state index in [-0.39, 0.29) is 17.5 Å². The SMILES string of the molecule is CC(C)N1CCOc2c(F)cc(-c3nc(Cc4ccc(C5CCN(C)CC5)c5[nH]ccc45)ncc3F)cc21. The van der Waals surface area contributed by atoms with Crippen LogP contribution in [0.15, 0.2) is 42.7 Å². The smallest absolute Gasteiger partial charge is 0.178 e. The quantitative estimate of drug-likeness (QED) is 0.357. The minimum atomic E-state index is -0.578. The summed E-state index contributed by atoms with van der Waals surface area (Å²) in [6.45, 7) is 7.35. The Labute approximate surface area is 221 Å². The van der Waals surface area contributed by atoms with Crippen LogP contribution < -0.4 is 9.64 Å². The van der Waals surface area contributed by atoms with Crippen molar-refractivity contribution < 1.29 is 13.5 Å². The summed E-state index contributed by atoms with van der Waals surface area (Å²) in [5, 5.41) is 1.14. The maximum atomic E-state index is 15.1. The molecule has 2 aromatic heterocycles. The number of anilines is 1. The summed E-state index contributed by atoms with van der Waals surface area (Å²) in [6, 6.07) is 9.68. The van der Waals surface area contributed by atoms with Crippen LogP contribution in [0.4, 0.5) is 14.5 Å². The zero-order valence-corrected chi connectivity index (χ0v) is 22.1. The number of aromatic amines is 1. The van der Waals surface area contributed by atoms with Crippen molar-refractivity contribution in [1.29, 1.82) is 0 Å². The number of H-pyrrole nitrogens is 1. The van der Waals surface area contributed by atoms with Gasteiger partial charge in [0.15, 0.2) is 17.4 Å². The van der Waals surface area contributed by atoms with Crippen LogP contribution >= 0.6 is 0 Å². The third-order valence-electron chi connectivity index (χ3n) is 7.96. The van der Waals surface area contributed by atoms with Gasteiger partial charge in [-0.05, 0) is 82.1 Å². The number of halogens is 2. The van der Waals surface area contributed by atoms with E-state index in [2.05, 4.69) is 50.0 Å². The molecule has 2 aliphatic heterocycles. The molecule has 0 atom stereocenters. The van der Waals surface area contributed by atoms with E-state index in [4.69, 9.17) is 4.74 Å². The molecule has 1 fully saturated rings. The highest BCUT2D eigenvalue weighted by molar-refractivity contribution is 5.86. The van der Waals surface area contributed by atoms with Crippen LogP contribution in [-0.2, 0) is 6.42 Å². The fourth-order valence-electron chi connectivity index (χ4n) is 5.89. The molecule has 0 bridgehead atoms. The normalized spacial score (nSPS) is 16.7. The van der Waals surface area contributed by atoms with Crippen LogP contribution in [-0.4, -0.2) is 59.2 Å². The summed E-state index contributed by atoms with van der Waals surface area (Å²) in [5.41, 5.74) is 4.68. The maximum absolute atomic E-state index is 15.1. The van der Waals surface area contributed by atoms with Crippen LogP contribution in [0, 0.1) is 11.6 Å². The molecule has 6 rings (SSSR count). The van der Waals surface area contributed by atoms with Crippen LogP contribution in [0.1, 0.15) is 49.6 Å². The van der Waals surface area contributed by atoms with E-state index in [0.717, 1.165) is 42.4 Å². The summed E-state index contributed by atoms with van der Waals surface area (Å²) in [6.07, 6.45) is 5.90. The zero-order chi connectivity index (χ0) is 26.4. The molecule has 2 aliphatic rings. The number of nitrogens with zero attached hydrogens (tertiary/aromatic N) is 4. The van der Waals surface area contributed by atoms with Gasteiger partial charge in [0.05, 0.1) is 18.4 Å². The Morgan fingerprint density at radius 3 is 2.68 bits per heavy atom. The first kappa shape index (κ1) is 24.8. The summed E-state index contributed by atoms with van der Waals surface area (Å²) >= 11 is 0. The fourth-order valence-corrected chi connectivity index (χ4v) is 5.89. The number of hydrogen-bond acceptors (Lipinski definition) is 5. The summed E-state index contributed by atoms with van der Waals surface area (Å²) in [4.78, 5) is 16.8. The third kappa shape index (κ3) is 4.51. The van der Waals surface area contributed by atoms with Gasteiger partial charge in [-0.15, -0.1) is 0 Å². The Hall–Kier alpha value is -3.52. The van der Waals surface area contributed by atoms with Crippen molar-refractivity contribution >= 4 is 16.6 Å². The molecular weight excluding hydrogens is 484 g/mol. The summed E-state index contributed by atoms with van der Waals surface area (Å²) in [5.74, 6) is 0.142. The third-order valence-corrected chi connectivity index (χ3v) is 7.96. The molecule has 4 heterocycles. The number of benzene rings is 2. The van der Waals surface area contributed by atoms with E-state index in [1.807, 2.05) is 20.0 Å². The molecule has 0 saturated carbocycles. The van der Waals surface area contributed by atoms with Crippen molar-refractivity contribution in [3.05, 3.63) is 71.3 Å². The highest BCUT2D eigenvalue weighted by Gasteiger charge is 2.26. The molecule has 0 spiro atoms. The Morgan fingerprint density at radius 1 is 1.08 bits per heavy atom. The molecule has 0 unspecified atom stereocenters. The predicted octanol–water partition coefficient (Wildman–Crippen LogP) is 5.91. The van der Waals surface area contributed by atoms with Gasteiger partial charge in [-0.1, -0.05) is 12.1 Å². The number of ether oxygens (including phenoxy) is 1. The first-order chi connectivity index (χ1) is 18.4. The van der Waals surface area contributed by atoms with E-state index in [9.17, 15) is 0 Å². The van der Waals surface area contributed by atoms with E-state index >= 15 is 8.78 Å². The lowest BCUT2D eigenvalue weighted by molar-refractivity contribution is 0.256. The lowest BCUT2D eigenvalue weighted by Crippen LogP contribution is -2.38. The monoisotopic (exact) mass is 517 g/mol. The van der Waals surface area contributed by atoms with Crippen molar-refractivity contribution in [2.75, 3.05) is 38.2 Å². The number of aromatic nitrogens is 3. The molecule has 0 amide bonds. The number of fused-ring (bicyclic) bond motifs is 2. The van der Waals surface area contributed by atoms with Crippen LogP contribution in [0.2, 0.25) is 0 Å². The molecule has 6 nitrogen and oxygen atoms in total. The highest BCUT2D eigenvalue weighted by Crippen LogP contribution is 2.39. The standard InChI is InChI=1S/C30H33F2N5O/c1-18(2)37-12-13-38-30-24(31)14-21(15-26(30)37)28-25(32)17-34-27(35-28)16-20-4-5-22(29-23(20)6-9-33-29)19-7-10-36(3)11-8-19/h4-6,9,14-15,17-19,33H,7-8,10-13,16H2,1-3H3. The minimum Gasteiger partial charge on any atom is -0.486 e. The molecule has 8 heteroatoms. The molecule has 0 radical (unpaired) electrons. The van der Waals surface area contributed by atoms with Crippen molar-refractivity contribution in [2.45, 2.75) is 45.1 Å². The first-order valence-electron chi connectivity index (χ1n) is 13.4. The number of piperidine rings is 1. The lowest BCUT2D eigenvalue weighted by atomic mass is 9.87. The van der Waals surface area contributed by atoms with Gasteiger partial charge in [0.25, 0.3) is 0 Å². The van der Waals surface area contributed by atoms with E-state index in [0.29, 0.717) is 42.6 Å². The second-order valence-corrected chi connectivity index (χ2v) is 10.8. The zero-order valence-electron chi connectivity index (χ0n) is 22.1. The van der Waals surface area contributed by atoms with Gasteiger partial charge in [0.2, 0.25) is 0 Å². The van der Waals surface area contributed by atoms with Crippen molar-refractivity contribution in [3.8, 4) is 17.0 Å². The lowest BCUT2D eigenvalue weighted by Gasteiger charge is -2.34. The Balaban J connectivity index is 1.33. The van der Waals surface area contributed by atoms with E-state index in [1.54, 1.807) is 6.07 Å². The van der Waals surface area contributed by atoms with Gasteiger partial charge in [-0.25, -0.2) is 18.7 Å². The minimum absolute atomic E-state index is 0.0965. The first-order valence-corrected chi connectivity index (χ1v) is 13.4. The van der Waals surface area contributed by atoms with Crippen LogP contribution in [0.3, 0.4) is 0 Å².